The molecule has 0 spiro atoms. The Kier molecular flexibility index (Phi) is 4.03. The zero-order chi connectivity index (χ0) is 14.9. The molecular weight excluding hydrogens is 260 g/mol. The Hall–Kier alpha value is -1.35. The van der Waals surface area contributed by atoms with Crippen LogP contribution in [0.1, 0.15) is 57.6 Å². The smallest absolute Gasteiger partial charge is 0.245 e. The first-order chi connectivity index (χ1) is 10.1. The maximum absolute atomic E-state index is 12.9. The van der Waals surface area contributed by atoms with Crippen molar-refractivity contribution in [3.8, 4) is 0 Å². The van der Waals surface area contributed by atoms with E-state index >= 15 is 0 Å². The van der Waals surface area contributed by atoms with Crippen molar-refractivity contribution in [1.29, 1.82) is 0 Å². The second-order valence-electron chi connectivity index (χ2n) is 6.92. The minimum Gasteiger partial charge on any atom is -0.325 e. The molecule has 1 aliphatic heterocycles. The Morgan fingerprint density at radius 3 is 2.52 bits per heavy atom. The standard InChI is InChI=1S/C18H26N2O/c1-3-15-19-16(14-9-5-4-6-10-14)17(21)20(15)13-18(2)11-7-8-12-18/h4-6,9-10,15-16,19H,3,7-8,11-13H2,1-2H3. The van der Waals surface area contributed by atoms with E-state index in [0.29, 0.717) is 5.41 Å². The van der Waals surface area contributed by atoms with Gasteiger partial charge in [0.1, 0.15) is 6.04 Å². The van der Waals surface area contributed by atoms with Crippen molar-refractivity contribution in [3.05, 3.63) is 35.9 Å². The summed E-state index contributed by atoms with van der Waals surface area (Å²) in [5.41, 5.74) is 1.40. The van der Waals surface area contributed by atoms with Crippen molar-refractivity contribution in [2.24, 2.45) is 5.41 Å². The van der Waals surface area contributed by atoms with Crippen LogP contribution in [0.4, 0.5) is 0 Å². The van der Waals surface area contributed by atoms with Gasteiger partial charge in [-0.2, -0.15) is 0 Å². The molecule has 114 valence electrons. The van der Waals surface area contributed by atoms with Gasteiger partial charge in [0.15, 0.2) is 0 Å². The van der Waals surface area contributed by atoms with Crippen LogP contribution in [0.5, 0.6) is 0 Å². The van der Waals surface area contributed by atoms with Gasteiger partial charge in [-0.3, -0.25) is 10.1 Å². The maximum Gasteiger partial charge on any atom is 0.245 e. The Balaban J connectivity index is 1.78. The number of carbonyl (C=O) groups excluding carboxylic acids is 1. The first-order valence-electron chi connectivity index (χ1n) is 8.24. The lowest BCUT2D eigenvalue weighted by molar-refractivity contribution is -0.131. The molecule has 2 fully saturated rings. The molecule has 1 aromatic rings. The Morgan fingerprint density at radius 1 is 1.24 bits per heavy atom. The predicted molar refractivity (Wildman–Crippen MR) is 84.7 cm³/mol. The molecule has 1 saturated carbocycles. The van der Waals surface area contributed by atoms with E-state index in [4.69, 9.17) is 0 Å². The van der Waals surface area contributed by atoms with Crippen LogP contribution >= 0.6 is 0 Å². The van der Waals surface area contributed by atoms with E-state index in [-0.39, 0.29) is 18.1 Å². The molecule has 0 radical (unpaired) electrons. The van der Waals surface area contributed by atoms with Crippen molar-refractivity contribution in [2.45, 2.75) is 58.2 Å². The molecular formula is C18H26N2O. The summed E-state index contributed by atoms with van der Waals surface area (Å²) in [5, 5.41) is 3.52. The summed E-state index contributed by atoms with van der Waals surface area (Å²) < 4.78 is 0. The highest BCUT2D eigenvalue weighted by Gasteiger charge is 2.42. The average Bonchev–Trinajstić information content (AvgIpc) is 3.06. The highest BCUT2D eigenvalue weighted by Crippen LogP contribution is 2.40. The van der Waals surface area contributed by atoms with Gasteiger partial charge in [0.25, 0.3) is 0 Å². The molecule has 2 aliphatic rings. The highest BCUT2D eigenvalue weighted by molar-refractivity contribution is 5.85. The van der Waals surface area contributed by atoms with Gasteiger partial charge in [-0.15, -0.1) is 0 Å². The van der Waals surface area contributed by atoms with Crippen LogP contribution in [0.15, 0.2) is 30.3 Å². The molecule has 3 heteroatoms. The van der Waals surface area contributed by atoms with Gasteiger partial charge in [-0.1, -0.05) is 57.0 Å². The zero-order valence-electron chi connectivity index (χ0n) is 13.1. The lowest BCUT2D eigenvalue weighted by Gasteiger charge is -2.33. The largest absolute Gasteiger partial charge is 0.325 e. The number of nitrogens with one attached hydrogen (secondary N) is 1. The van der Waals surface area contributed by atoms with E-state index in [9.17, 15) is 4.79 Å². The second kappa shape index (κ2) is 5.80. The normalized spacial score (nSPS) is 28.3. The predicted octanol–water partition coefficient (Wildman–Crippen LogP) is 3.48. The molecule has 1 aliphatic carbocycles. The maximum atomic E-state index is 12.9. The fraction of sp³-hybridized carbons (Fsp3) is 0.611. The number of hydrogen-bond acceptors (Lipinski definition) is 2. The summed E-state index contributed by atoms with van der Waals surface area (Å²) in [4.78, 5) is 15.0. The van der Waals surface area contributed by atoms with Gasteiger partial charge < -0.3 is 4.90 Å². The minimum absolute atomic E-state index is 0.166. The van der Waals surface area contributed by atoms with Gasteiger partial charge in [0.2, 0.25) is 5.91 Å². The molecule has 1 heterocycles. The van der Waals surface area contributed by atoms with E-state index in [1.807, 2.05) is 30.3 Å². The van der Waals surface area contributed by atoms with Crippen molar-refractivity contribution < 1.29 is 4.79 Å². The summed E-state index contributed by atoms with van der Waals surface area (Å²) in [6.45, 7) is 5.40. The molecule has 1 saturated heterocycles. The Bertz CT molecular complexity index is 493. The summed E-state index contributed by atoms with van der Waals surface area (Å²) in [6.07, 6.45) is 6.27. The number of rotatable bonds is 4. The molecule has 0 aromatic heterocycles. The van der Waals surface area contributed by atoms with Crippen molar-refractivity contribution in [3.63, 3.8) is 0 Å². The van der Waals surface area contributed by atoms with Gasteiger partial charge in [-0.05, 0) is 30.2 Å². The monoisotopic (exact) mass is 286 g/mol. The molecule has 2 unspecified atom stereocenters. The number of hydrogen-bond donors (Lipinski definition) is 1. The number of amides is 1. The summed E-state index contributed by atoms with van der Waals surface area (Å²) >= 11 is 0. The van der Waals surface area contributed by atoms with Crippen LogP contribution in [-0.4, -0.2) is 23.5 Å². The Labute approximate surface area is 127 Å². The summed E-state index contributed by atoms with van der Waals surface area (Å²) in [5.74, 6) is 0.251. The van der Waals surface area contributed by atoms with Crippen LogP contribution < -0.4 is 5.32 Å². The number of benzene rings is 1. The molecule has 3 nitrogen and oxygen atoms in total. The minimum atomic E-state index is -0.166. The van der Waals surface area contributed by atoms with E-state index in [1.54, 1.807) is 0 Å². The number of nitrogens with zero attached hydrogens (tertiary/aromatic N) is 1. The fourth-order valence-corrected chi connectivity index (χ4v) is 3.88. The van der Waals surface area contributed by atoms with Gasteiger partial charge in [-0.25, -0.2) is 0 Å². The lowest BCUT2D eigenvalue weighted by atomic mass is 9.88. The molecule has 21 heavy (non-hydrogen) atoms. The quantitative estimate of drug-likeness (QED) is 0.919. The highest BCUT2D eigenvalue weighted by atomic mass is 16.2. The fourth-order valence-electron chi connectivity index (χ4n) is 3.88. The third-order valence-corrected chi connectivity index (χ3v) is 5.15. The Morgan fingerprint density at radius 2 is 1.90 bits per heavy atom. The van der Waals surface area contributed by atoms with Crippen molar-refractivity contribution in [1.82, 2.24) is 10.2 Å². The molecule has 3 rings (SSSR count). The number of carbonyl (C=O) groups is 1. The molecule has 0 bridgehead atoms. The third-order valence-electron chi connectivity index (χ3n) is 5.15. The third kappa shape index (κ3) is 2.84. The first-order valence-corrected chi connectivity index (χ1v) is 8.24. The second-order valence-corrected chi connectivity index (χ2v) is 6.92. The lowest BCUT2D eigenvalue weighted by Crippen LogP contribution is -2.42. The molecule has 1 aromatic carbocycles. The average molecular weight is 286 g/mol. The van der Waals surface area contributed by atoms with E-state index in [0.717, 1.165) is 18.5 Å². The zero-order valence-corrected chi connectivity index (χ0v) is 13.1. The summed E-state index contributed by atoms with van der Waals surface area (Å²) in [6, 6.07) is 9.93. The van der Waals surface area contributed by atoms with Crippen LogP contribution in [0, 0.1) is 5.41 Å². The van der Waals surface area contributed by atoms with Crippen LogP contribution in [0.3, 0.4) is 0 Å². The van der Waals surface area contributed by atoms with Crippen LogP contribution in [-0.2, 0) is 4.79 Å². The van der Waals surface area contributed by atoms with E-state index < -0.39 is 0 Å². The molecule has 1 amide bonds. The van der Waals surface area contributed by atoms with Crippen LogP contribution in [0.2, 0.25) is 0 Å². The van der Waals surface area contributed by atoms with Crippen molar-refractivity contribution in [2.75, 3.05) is 6.54 Å². The summed E-state index contributed by atoms with van der Waals surface area (Å²) in [7, 11) is 0. The molecule has 1 N–H and O–H groups in total. The van der Waals surface area contributed by atoms with E-state index in [2.05, 4.69) is 24.1 Å². The van der Waals surface area contributed by atoms with Crippen LogP contribution in [0.25, 0.3) is 0 Å². The van der Waals surface area contributed by atoms with Gasteiger partial charge >= 0.3 is 0 Å². The topological polar surface area (TPSA) is 32.3 Å². The first kappa shape index (κ1) is 14.6. The van der Waals surface area contributed by atoms with Gasteiger partial charge in [0, 0.05) is 6.54 Å². The van der Waals surface area contributed by atoms with Gasteiger partial charge in [0.05, 0.1) is 6.17 Å². The van der Waals surface area contributed by atoms with Crippen molar-refractivity contribution >= 4 is 5.91 Å². The molecule has 2 atom stereocenters. The SMILES string of the molecule is CCC1NC(c2ccccc2)C(=O)N1CC1(C)CCCC1. The van der Waals surface area contributed by atoms with E-state index in [1.165, 1.54) is 25.7 Å².